The van der Waals surface area contributed by atoms with Gasteiger partial charge in [0.05, 0.1) is 12.8 Å². The summed E-state index contributed by atoms with van der Waals surface area (Å²) in [5.41, 5.74) is 0.485. The van der Waals surface area contributed by atoms with Crippen LogP contribution < -0.4 is 15.4 Å². The fourth-order valence-corrected chi connectivity index (χ4v) is 1.86. The molecule has 7 heteroatoms. The maximum atomic E-state index is 11.8. The summed E-state index contributed by atoms with van der Waals surface area (Å²) in [4.78, 5) is 27.1. The van der Waals surface area contributed by atoms with Crippen molar-refractivity contribution < 1.29 is 19.1 Å². The van der Waals surface area contributed by atoms with Crippen molar-refractivity contribution in [3.05, 3.63) is 24.3 Å². The van der Waals surface area contributed by atoms with E-state index in [1.165, 1.54) is 7.11 Å². The minimum atomic E-state index is -0.654. The van der Waals surface area contributed by atoms with Crippen LogP contribution in [0.15, 0.2) is 29.3 Å². The first kappa shape index (κ1) is 14.8. The number of hydrogen-bond donors (Lipinski definition) is 2. The van der Waals surface area contributed by atoms with Gasteiger partial charge in [0.15, 0.2) is 6.10 Å². The third-order valence-corrected chi connectivity index (χ3v) is 2.88. The number of amides is 3. The second kappa shape index (κ2) is 6.25. The maximum Gasteiger partial charge on any atom is 0.350 e. The number of nitrogens with zero attached hydrogens (tertiary/aromatic N) is 1. The lowest BCUT2D eigenvalue weighted by molar-refractivity contribution is -0.124. The zero-order chi connectivity index (χ0) is 15.4. The van der Waals surface area contributed by atoms with E-state index in [-0.39, 0.29) is 17.8 Å². The summed E-state index contributed by atoms with van der Waals surface area (Å²) < 4.78 is 10.4. The average molecular weight is 291 g/mol. The Hall–Kier alpha value is -2.57. The molecule has 2 rings (SSSR count). The third kappa shape index (κ3) is 3.50. The lowest BCUT2D eigenvalue weighted by Gasteiger charge is -2.10. The van der Waals surface area contributed by atoms with Crippen molar-refractivity contribution in [2.24, 2.45) is 10.9 Å². The molecule has 1 aromatic rings. The van der Waals surface area contributed by atoms with Gasteiger partial charge >= 0.3 is 12.1 Å². The van der Waals surface area contributed by atoms with Crippen LogP contribution in [0.1, 0.15) is 13.8 Å². The van der Waals surface area contributed by atoms with Crippen molar-refractivity contribution in [2.75, 3.05) is 12.4 Å². The van der Waals surface area contributed by atoms with Gasteiger partial charge in [0, 0.05) is 0 Å². The molecule has 1 atom stereocenters. The SMILES string of the molecule is COc1ccccc1NC(=O)N=C1NC(=O)[C@@H](C(C)C)O1. The molecule has 1 saturated heterocycles. The van der Waals surface area contributed by atoms with Crippen molar-refractivity contribution in [2.45, 2.75) is 20.0 Å². The molecule has 2 N–H and O–H groups in total. The van der Waals surface area contributed by atoms with Gasteiger partial charge in [-0.1, -0.05) is 26.0 Å². The number of benzene rings is 1. The number of aliphatic imine (C=N–C) groups is 1. The molecule has 1 aliphatic rings. The van der Waals surface area contributed by atoms with E-state index in [4.69, 9.17) is 9.47 Å². The largest absolute Gasteiger partial charge is 0.495 e. The van der Waals surface area contributed by atoms with Gasteiger partial charge < -0.3 is 14.8 Å². The van der Waals surface area contributed by atoms with Gasteiger partial charge in [-0.15, -0.1) is 4.99 Å². The number of anilines is 1. The molecule has 21 heavy (non-hydrogen) atoms. The molecule has 1 heterocycles. The number of carbonyl (C=O) groups excluding carboxylic acids is 2. The predicted molar refractivity (Wildman–Crippen MR) is 77.3 cm³/mol. The van der Waals surface area contributed by atoms with E-state index in [1.54, 1.807) is 24.3 Å². The lowest BCUT2D eigenvalue weighted by atomic mass is 10.1. The van der Waals surface area contributed by atoms with Crippen LogP contribution in [0.2, 0.25) is 0 Å². The second-order valence-electron chi connectivity index (χ2n) is 4.82. The molecule has 1 aromatic carbocycles. The lowest BCUT2D eigenvalue weighted by Crippen LogP contribution is -2.28. The van der Waals surface area contributed by atoms with Crippen molar-refractivity contribution in [1.29, 1.82) is 0 Å². The predicted octanol–water partition coefficient (Wildman–Crippen LogP) is 1.75. The highest BCUT2D eigenvalue weighted by atomic mass is 16.5. The minimum absolute atomic E-state index is 0.00465. The number of methoxy groups -OCH3 is 1. The fraction of sp³-hybridized carbons (Fsp3) is 0.357. The topological polar surface area (TPSA) is 89.0 Å². The molecule has 0 radical (unpaired) electrons. The van der Waals surface area contributed by atoms with Crippen LogP contribution in [-0.2, 0) is 9.53 Å². The summed E-state index contributed by atoms with van der Waals surface area (Å²) >= 11 is 0. The Labute approximate surface area is 122 Å². The molecule has 0 saturated carbocycles. The van der Waals surface area contributed by atoms with E-state index < -0.39 is 12.1 Å². The monoisotopic (exact) mass is 291 g/mol. The summed E-state index contributed by atoms with van der Waals surface area (Å²) in [6, 6.07) is 6.19. The molecular formula is C14H17N3O4. The van der Waals surface area contributed by atoms with E-state index in [0.29, 0.717) is 11.4 Å². The zero-order valence-electron chi connectivity index (χ0n) is 12.0. The first-order valence-electron chi connectivity index (χ1n) is 6.51. The maximum absolute atomic E-state index is 11.8. The Kier molecular flexibility index (Phi) is 4.42. The van der Waals surface area contributed by atoms with Crippen LogP contribution in [0.4, 0.5) is 10.5 Å². The van der Waals surface area contributed by atoms with Crippen LogP contribution in [0.3, 0.4) is 0 Å². The van der Waals surface area contributed by atoms with Gasteiger partial charge in [0.1, 0.15) is 5.75 Å². The average Bonchev–Trinajstić information content (AvgIpc) is 2.80. The first-order valence-corrected chi connectivity index (χ1v) is 6.51. The van der Waals surface area contributed by atoms with Crippen LogP contribution in [0.25, 0.3) is 0 Å². The van der Waals surface area contributed by atoms with Crippen LogP contribution in [0.5, 0.6) is 5.75 Å². The first-order chi connectivity index (χ1) is 10.0. The van der Waals surface area contributed by atoms with E-state index in [2.05, 4.69) is 15.6 Å². The van der Waals surface area contributed by atoms with Crippen LogP contribution >= 0.6 is 0 Å². The molecule has 0 bridgehead atoms. The van der Waals surface area contributed by atoms with E-state index in [1.807, 2.05) is 13.8 Å². The van der Waals surface area contributed by atoms with Gasteiger partial charge in [-0.25, -0.2) is 4.79 Å². The molecule has 3 amide bonds. The number of carbonyl (C=O) groups is 2. The van der Waals surface area contributed by atoms with Crippen LogP contribution in [-0.4, -0.2) is 31.2 Å². The number of rotatable bonds is 3. The second-order valence-corrected chi connectivity index (χ2v) is 4.82. The molecule has 0 spiro atoms. The fourth-order valence-electron chi connectivity index (χ4n) is 1.86. The summed E-state index contributed by atoms with van der Waals surface area (Å²) in [6.07, 6.45) is -0.622. The highest BCUT2D eigenvalue weighted by molar-refractivity contribution is 6.07. The van der Waals surface area contributed by atoms with E-state index in [0.717, 1.165) is 0 Å². The van der Waals surface area contributed by atoms with Crippen molar-refractivity contribution in [1.82, 2.24) is 5.32 Å². The molecule has 1 aliphatic heterocycles. The normalized spacial score (nSPS) is 19.3. The third-order valence-electron chi connectivity index (χ3n) is 2.88. The Balaban J connectivity index is 2.05. The zero-order valence-corrected chi connectivity index (χ0v) is 12.0. The number of hydrogen-bond acceptors (Lipinski definition) is 4. The molecule has 0 aromatic heterocycles. The van der Waals surface area contributed by atoms with E-state index >= 15 is 0 Å². The number of urea groups is 1. The van der Waals surface area contributed by atoms with Crippen molar-refractivity contribution in [3.8, 4) is 5.75 Å². The summed E-state index contributed by atoms with van der Waals surface area (Å²) in [5, 5.41) is 4.99. The molecule has 0 unspecified atom stereocenters. The molecule has 7 nitrogen and oxygen atoms in total. The Morgan fingerprint density at radius 2 is 2.14 bits per heavy atom. The number of ether oxygens (including phenoxy) is 2. The van der Waals surface area contributed by atoms with Gasteiger partial charge in [-0.3, -0.25) is 10.1 Å². The summed E-state index contributed by atoms with van der Waals surface area (Å²) in [7, 11) is 1.50. The van der Waals surface area contributed by atoms with Gasteiger partial charge in [-0.2, -0.15) is 0 Å². The summed E-state index contributed by atoms with van der Waals surface area (Å²) in [6.45, 7) is 3.70. The Morgan fingerprint density at radius 3 is 2.76 bits per heavy atom. The Morgan fingerprint density at radius 1 is 1.43 bits per heavy atom. The highest BCUT2D eigenvalue weighted by Gasteiger charge is 2.33. The molecule has 112 valence electrons. The van der Waals surface area contributed by atoms with E-state index in [9.17, 15) is 9.59 Å². The molecular weight excluding hydrogens is 274 g/mol. The minimum Gasteiger partial charge on any atom is -0.495 e. The number of para-hydroxylation sites is 2. The van der Waals surface area contributed by atoms with Gasteiger partial charge in [0.25, 0.3) is 5.91 Å². The molecule has 0 aliphatic carbocycles. The van der Waals surface area contributed by atoms with Crippen molar-refractivity contribution in [3.63, 3.8) is 0 Å². The molecule has 1 fully saturated rings. The number of amidine groups is 1. The highest BCUT2D eigenvalue weighted by Crippen LogP contribution is 2.23. The quantitative estimate of drug-likeness (QED) is 0.888. The van der Waals surface area contributed by atoms with Crippen molar-refractivity contribution >= 4 is 23.6 Å². The van der Waals surface area contributed by atoms with Crippen LogP contribution in [0, 0.1) is 5.92 Å². The standard InChI is InChI=1S/C14H17N3O4/c1-8(2)11-12(18)16-14(21-11)17-13(19)15-9-6-4-5-7-10(9)20-3/h4-8,11H,1-3H3,(H2,15,16,17,18,19)/t11-/m1/s1. The Bertz CT molecular complexity index is 583. The number of nitrogens with one attached hydrogen (secondary N) is 2. The summed E-state index contributed by atoms with van der Waals surface area (Å²) in [5.74, 6) is 0.214. The van der Waals surface area contributed by atoms with Gasteiger partial charge in [0.2, 0.25) is 0 Å². The van der Waals surface area contributed by atoms with Gasteiger partial charge in [-0.05, 0) is 18.1 Å². The smallest absolute Gasteiger partial charge is 0.350 e.